The number of nitrogens with zero attached hydrogens (tertiary/aromatic N) is 2. The van der Waals surface area contributed by atoms with Crippen molar-refractivity contribution in [3.05, 3.63) is 59.8 Å². The second-order valence-corrected chi connectivity index (χ2v) is 7.00. The number of benzene rings is 2. The van der Waals surface area contributed by atoms with Gasteiger partial charge in [-0.05, 0) is 38.7 Å². The second-order valence-electron chi connectivity index (χ2n) is 7.00. The lowest BCUT2D eigenvalue weighted by Gasteiger charge is -2.16. The van der Waals surface area contributed by atoms with Crippen molar-refractivity contribution >= 4 is 29.1 Å². The number of hydrogen-bond donors (Lipinski definition) is 0. The summed E-state index contributed by atoms with van der Waals surface area (Å²) in [6.45, 7) is 2.92. The van der Waals surface area contributed by atoms with E-state index in [1.807, 2.05) is 49.3 Å². The SMILES string of the molecule is CCOC(=O)c1c2ccc(C(F)(F)F)cc2c(-c2ccccc2)n1CCN(C)C.Cl. The zero-order valence-corrected chi connectivity index (χ0v) is 17.8. The fourth-order valence-electron chi connectivity index (χ4n) is 3.38. The Kier molecular flexibility index (Phi) is 7.55. The molecule has 30 heavy (non-hydrogen) atoms. The van der Waals surface area contributed by atoms with Gasteiger partial charge in [-0.3, -0.25) is 0 Å². The van der Waals surface area contributed by atoms with Gasteiger partial charge in [0.15, 0.2) is 0 Å². The third kappa shape index (κ3) is 4.79. The third-order valence-electron chi connectivity index (χ3n) is 4.68. The Morgan fingerprint density at radius 1 is 1.07 bits per heavy atom. The number of likely N-dealkylation sites (N-methyl/N-ethyl adjacent to an activating group) is 1. The normalized spacial score (nSPS) is 11.6. The van der Waals surface area contributed by atoms with Crippen molar-refractivity contribution in [2.45, 2.75) is 19.6 Å². The average Bonchev–Trinajstić information content (AvgIpc) is 3.00. The van der Waals surface area contributed by atoms with Crippen LogP contribution in [0, 0.1) is 0 Å². The number of alkyl halides is 3. The van der Waals surface area contributed by atoms with Gasteiger partial charge in [-0.2, -0.15) is 13.2 Å². The van der Waals surface area contributed by atoms with Crippen LogP contribution in [0.3, 0.4) is 0 Å². The van der Waals surface area contributed by atoms with Gasteiger partial charge in [-0.15, -0.1) is 12.4 Å². The lowest BCUT2D eigenvalue weighted by Crippen LogP contribution is -2.22. The Labute approximate surface area is 179 Å². The molecule has 1 aromatic heterocycles. The van der Waals surface area contributed by atoms with E-state index >= 15 is 0 Å². The van der Waals surface area contributed by atoms with Crippen molar-refractivity contribution in [3.63, 3.8) is 0 Å². The topological polar surface area (TPSA) is 34.5 Å². The maximum atomic E-state index is 13.4. The van der Waals surface area contributed by atoms with Gasteiger partial charge in [-0.25, -0.2) is 4.79 Å². The monoisotopic (exact) mass is 440 g/mol. The zero-order valence-electron chi connectivity index (χ0n) is 17.0. The minimum absolute atomic E-state index is 0. The Morgan fingerprint density at radius 2 is 1.73 bits per heavy atom. The van der Waals surface area contributed by atoms with E-state index in [9.17, 15) is 18.0 Å². The third-order valence-corrected chi connectivity index (χ3v) is 4.68. The van der Waals surface area contributed by atoms with E-state index in [0.29, 0.717) is 29.6 Å². The molecule has 0 N–H and O–H groups in total. The number of rotatable bonds is 6. The van der Waals surface area contributed by atoms with Crippen molar-refractivity contribution in [3.8, 4) is 11.3 Å². The maximum Gasteiger partial charge on any atom is 0.416 e. The van der Waals surface area contributed by atoms with Crippen LogP contribution in [-0.4, -0.2) is 42.7 Å². The molecule has 4 nitrogen and oxygen atoms in total. The minimum atomic E-state index is -4.47. The van der Waals surface area contributed by atoms with Crippen molar-refractivity contribution in [1.29, 1.82) is 0 Å². The first kappa shape index (κ1) is 23.8. The van der Waals surface area contributed by atoms with Crippen molar-refractivity contribution in [1.82, 2.24) is 9.47 Å². The largest absolute Gasteiger partial charge is 0.461 e. The summed E-state index contributed by atoms with van der Waals surface area (Å²) in [7, 11) is 3.80. The van der Waals surface area contributed by atoms with E-state index in [0.717, 1.165) is 17.7 Å². The van der Waals surface area contributed by atoms with E-state index in [-0.39, 0.29) is 24.7 Å². The molecule has 0 aliphatic heterocycles. The molecule has 0 aliphatic rings. The smallest absolute Gasteiger partial charge is 0.416 e. The Morgan fingerprint density at radius 3 is 2.30 bits per heavy atom. The number of ether oxygens (including phenoxy) is 1. The van der Waals surface area contributed by atoms with E-state index in [2.05, 4.69) is 0 Å². The van der Waals surface area contributed by atoms with Crippen LogP contribution in [0.1, 0.15) is 23.0 Å². The average molecular weight is 441 g/mol. The highest BCUT2D eigenvalue weighted by Gasteiger charge is 2.32. The van der Waals surface area contributed by atoms with Crippen LogP contribution in [0.5, 0.6) is 0 Å². The van der Waals surface area contributed by atoms with Gasteiger partial charge < -0.3 is 14.2 Å². The van der Waals surface area contributed by atoms with E-state index in [1.165, 1.54) is 6.07 Å². The highest BCUT2D eigenvalue weighted by Crippen LogP contribution is 2.38. The molecule has 3 aromatic rings. The molecule has 0 unspecified atom stereocenters. The van der Waals surface area contributed by atoms with Crippen LogP contribution >= 0.6 is 12.4 Å². The Hall–Kier alpha value is -2.51. The molecule has 0 saturated heterocycles. The van der Waals surface area contributed by atoms with E-state index in [4.69, 9.17) is 4.74 Å². The molecule has 162 valence electrons. The molecule has 0 amide bonds. The first-order valence-corrected chi connectivity index (χ1v) is 9.34. The number of carbonyl (C=O) groups excluding carboxylic acids is 1. The predicted octanol–water partition coefficient (Wildman–Crippen LogP) is 5.49. The van der Waals surface area contributed by atoms with Crippen LogP contribution in [0.4, 0.5) is 13.2 Å². The fourth-order valence-corrected chi connectivity index (χ4v) is 3.38. The molecule has 0 fully saturated rings. The number of carbonyl (C=O) groups is 1. The van der Waals surface area contributed by atoms with E-state index in [1.54, 1.807) is 11.5 Å². The molecular formula is C22H24ClF3N2O2. The second kappa shape index (κ2) is 9.53. The predicted molar refractivity (Wildman–Crippen MR) is 114 cm³/mol. The van der Waals surface area contributed by atoms with Gasteiger partial charge in [0, 0.05) is 23.9 Å². The Bertz CT molecular complexity index is 1010. The number of aromatic nitrogens is 1. The summed E-state index contributed by atoms with van der Waals surface area (Å²) in [5.41, 5.74) is 0.848. The standard InChI is InChI=1S/C22H23F3N2O2.ClH/c1-4-29-21(28)20-17-11-10-16(22(23,24)25)14-18(17)19(15-8-6-5-7-9-15)27(20)13-12-26(2)3;/h5-11,14H,4,12-13H2,1-3H3;1H. The molecular weight excluding hydrogens is 417 g/mol. The van der Waals surface area contributed by atoms with Crippen LogP contribution in [0.25, 0.3) is 22.0 Å². The summed E-state index contributed by atoms with van der Waals surface area (Å²) in [5, 5.41) is 0.835. The minimum Gasteiger partial charge on any atom is -0.461 e. The molecule has 0 bridgehead atoms. The van der Waals surface area contributed by atoms with Crippen molar-refractivity contribution in [2.75, 3.05) is 27.2 Å². The molecule has 3 rings (SSSR count). The van der Waals surface area contributed by atoms with Gasteiger partial charge in [0.2, 0.25) is 0 Å². The summed E-state index contributed by atoms with van der Waals surface area (Å²) in [5.74, 6) is -0.543. The summed E-state index contributed by atoms with van der Waals surface area (Å²) >= 11 is 0. The number of halogens is 4. The maximum absolute atomic E-state index is 13.4. The summed E-state index contributed by atoms with van der Waals surface area (Å²) in [4.78, 5) is 14.7. The van der Waals surface area contributed by atoms with Crippen LogP contribution < -0.4 is 0 Å². The van der Waals surface area contributed by atoms with Gasteiger partial charge >= 0.3 is 12.1 Å². The molecule has 0 aliphatic carbocycles. The van der Waals surface area contributed by atoms with E-state index < -0.39 is 17.7 Å². The van der Waals surface area contributed by atoms with Crippen molar-refractivity contribution in [2.24, 2.45) is 0 Å². The molecule has 0 saturated carbocycles. The van der Waals surface area contributed by atoms with Gasteiger partial charge in [-0.1, -0.05) is 36.4 Å². The molecule has 0 spiro atoms. The summed E-state index contributed by atoms with van der Waals surface area (Å²) < 4.78 is 47.2. The van der Waals surface area contributed by atoms with Gasteiger partial charge in [0.25, 0.3) is 0 Å². The molecule has 2 aromatic carbocycles. The summed E-state index contributed by atoms with van der Waals surface area (Å²) in [6.07, 6.45) is -4.47. The number of hydrogen-bond acceptors (Lipinski definition) is 3. The molecule has 0 atom stereocenters. The molecule has 1 heterocycles. The first-order valence-electron chi connectivity index (χ1n) is 9.34. The zero-order chi connectivity index (χ0) is 21.2. The van der Waals surface area contributed by atoms with Crippen LogP contribution in [0.15, 0.2) is 48.5 Å². The lowest BCUT2D eigenvalue weighted by atomic mass is 10.0. The van der Waals surface area contributed by atoms with Crippen LogP contribution in [-0.2, 0) is 17.5 Å². The fraction of sp³-hybridized carbons (Fsp3) is 0.318. The summed E-state index contributed by atoms with van der Waals surface area (Å²) in [6, 6.07) is 12.6. The van der Waals surface area contributed by atoms with Gasteiger partial charge in [0.1, 0.15) is 5.69 Å². The lowest BCUT2D eigenvalue weighted by molar-refractivity contribution is -0.137. The quantitative estimate of drug-likeness (QED) is 0.475. The molecule has 8 heteroatoms. The molecule has 0 radical (unpaired) electrons. The number of esters is 1. The highest BCUT2D eigenvalue weighted by atomic mass is 35.5. The van der Waals surface area contributed by atoms with Gasteiger partial charge in [0.05, 0.1) is 17.9 Å². The van der Waals surface area contributed by atoms with Crippen LogP contribution in [0.2, 0.25) is 0 Å². The highest BCUT2D eigenvalue weighted by molar-refractivity contribution is 6.09. The number of fused-ring (bicyclic) bond motifs is 1. The first-order chi connectivity index (χ1) is 13.7. The van der Waals surface area contributed by atoms with Crippen molar-refractivity contribution < 1.29 is 22.7 Å². The Balaban J connectivity index is 0.00000320.